The number of aromatic nitrogens is 3. The molecule has 2 aromatic heterocycles. The van der Waals surface area contributed by atoms with Gasteiger partial charge >= 0.3 is 0 Å². The minimum atomic E-state index is -0.441. The predicted molar refractivity (Wildman–Crippen MR) is 123 cm³/mol. The van der Waals surface area contributed by atoms with Gasteiger partial charge in [-0.1, -0.05) is 12.1 Å². The maximum atomic E-state index is 13.1. The molecule has 0 saturated heterocycles. The Morgan fingerprint density at radius 2 is 1.76 bits per heavy atom. The van der Waals surface area contributed by atoms with Crippen LogP contribution < -0.4 is 10.2 Å². The summed E-state index contributed by atoms with van der Waals surface area (Å²) in [6.07, 6.45) is 4.95. The van der Waals surface area contributed by atoms with Gasteiger partial charge in [0.25, 0.3) is 17.7 Å². The molecule has 1 N–H and O–H groups in total. The lowest BCUT2D eigenvalue weighted by Gasteiger charge is -2.17. The number of carbonyl (C=O) groups is 3. The summed E-state index contributed by atoms with van der Waals surface area (Å²) < 4.78 is 1.61. The van der Waals surface area contributed by atoms with Crippen LogP contribution in [0.2, 0.25) is 0 Å². The van der Waals surface area contributed by atoms with E-state index in [1.807, 2.05) is 32.0 Å². The van der Waals surface area contributed by atoms with Crippen molar-refractivity contribution in [1.82, 2.24) is 14.8 Å². The van der Waals surface area contributed by atoms with Gasteiger partial charge in [0.05, 0.1) is 28.7 Å². The molecule has 0 unspecified atom stereocenters. The summed E-state index contributed by atoms with van der Waals surface area (Å²) in [5.41, 5.74) is 3.57. The number of hydrogen-bond acceptors (Lipinski definition) is 5. The smallest absolute Gasteiger partial charge is 0.266 e. The van der Waals surface area contributed by atoms with Crippen molar-refractivity contribution in [2.75, 3.05) is 10.2 Å². The number of pyridine rings is 1. The third-order valence-corrected chi connectivity index (χ3v) is 5.50. The summed E-state index contributed by atoms with van der Waals surface area (Å²) in [5.74, 6) is -0.624. The van der Waals surface area contributed by atoms with Crippen LogP contribution in [0.3, 0.4) is 0 Å². The lowest BCUT2D eigenvalue weighted by atomic mass is 10.1. The van der Waals surface area contributed by atoms with Crippen molar-refractivity contribution in [2.24, 2.45) is 0 Å². The number of imide groups is 1. The average molecular weight is 437 g/mol. The third kappa shape index (κ3) is 3.57. The van der Waals surface area contributed by atoms with E-state index in [2.05, 4.69) is 15.4 Å². The summed E-state index contributed by atoms with van der Waals surface area (Å²) in [4.78, 5) is 44.3. The fourth-order valence-electron chi connectivity index (χ4n) is 3.76. The highest BCUT2D eigenvalue weighted by atomic mass is 16.2. The first-order valence-electron chi connectivity index (χ1n) is 10.3. The Morgan fingerprint density at radius 1 is 0.939 bits per heavy atom. The van der Waals surface area contributed by atoms with Gasteiger partial charge in [-0.05, 0) is 67.4 Å². The van der Waals surface area contributed by atoms with Crippen molar-refractivity contribution in [1.29, 1.82) is 0 Å². The van der Waals surface area contributed by atoms with E-state index in [4.69, 9.17) is 0 Å². The van der Waals surface area contributed by atoms with E-state index < -0.39 is 17.7 Å². The minimum absolute atomic E-state index is 0.209. The number of anilines is 2. The summed E-state index contributed by atoms with van der Waals surface area (Å²) in [6.45, 7) is 3.75. The molecule has 8 nitrogen and oxygen atoms in total. The van der Waals surface area contributed by atoms with Crippen molar-refractivity contribution in [3.05, 3.63) is 101 Å². The fourth-order valence-corrected chi connectivity index (χ4v) is 3.76. The fraction of sp³-hybridized carbons (Fsp3) is 0.0800. The average Bonchev–Trinajstić information content (AvgIpc) is 3.43. The van der Waals surface area contributed by atoms with Crippen LogP contribution in [0.1, 0.15) is 42.2 Å². The van der Waals surface area contributed by atoms with Gasteiger partial charge in [-0.2, -0.15) is 5.10 Å². The monoisotopic (exact) mass is 437 g/mol. The number of rotatable bonds is 4. The second-order valence-corrected chi connectivity index (χ2v) is 7.81. The molecule has 1 aliphatic rings. The minimum Gasteiger partial charge on any atom is -0.321 e. The summed E-state index contributed by atoms with van der Waals surface area (Å²) in [6, 6.07) is 15.4. The zero-order chi connectivity index (χ0) is 23.1. The van der Waals surface area contributed by atoms with Crippen LogP contribution in [0.4, 0.5) is 11.4 Å². The first-order valence-corrected chi connectivity index (χ1v) is 10.3. The van der Waals surface area contributed by atoms with Crippen LogP contribution in [0, 0.1) is 13.8 Å². The van der Waals surface area contributed by atoms with E-state index in [1.54, 1.807) is 35.3 Å². The van der Waals surface area contributed by atoms with Crippen molar-refractivity contribution in [3.8, 4) is 5.82 Å². The Balaban J connectivity index is 1.39. The number of nitrogens with zero attached hydrogens (tertiary/aromatic N) is 4. The highest BCUT2D eigenvalue weighted by molar-refractivity contribution is 6.35. The molecule has 0 bridgehead atoms. The van der Waals surface area contributed by atoms with E-state index in [9.17, 15) is 14.4 Å². The van der Waals surface area contributed by atoms with Gasteiger partial charge in [-0.25, -0.2) is 14.6 Å². The first-order chi connectivity index (χ1) is 15.9. The number of fused-ring (bicyclic) bond motifs is 1. The molecule has 1 aliphatic heterocycles. The largest absolute Gasteiger partial charge is 0.321 e. The van der Waals surface area contributed by atoms with Gasteiger partial charge in [-0.15, -0.1) is 0 Å². The quantitative estimate of drug-likeness (QED) is 0.488. The van der Waals surface area contributed by atoms with E-state index in [0.29, 0.717) is 17.2 Å². The van der Waals surface area contributed by atoms with Gasteiger partial charge in [0.1, 0.15) is 0 Å². The third-order valence-electron chi connectivity index (χ3n) is 5.50. The number of aryl methyl sites for hydroxylation is 2. The van der Waals surface area contributed by atoms with Crippen LogP contribution in [0.25, 0.3) is 5.82 Å². The first kappa shape index (κ1) is 20.3. The van der Waals surface area contributed by atoms with E-state index in [0.717, 1.165) is 11.1 Å². The number of benzene rings is 2. The molecule has 0 saturated carbocycles. The van der Waals surface area contributed by atoms with Gasteiger partial charge in [0.2, 0.25) is 0 Å². The van der Waals surface area contributed by atoms with Crippen molar-refractivity contribution < 1.29 is 14.4 Å². The van der Waals surface area contributed by atoms with Crippen LogP contribution in [-0.2, 0) is 0 Å². The number of nitrogens with one attached hydrogen (secondary N) is 1. The van der Waals surface area contributed by atoms with Gasteiger partial charge < -0.3 is 5.32 Å². The molecule has 3 heterocycles. The zero-order valence-electron chi connectivity index (χ0n) is 17.9. The number of carbonyl (C=O) groups excluding carboxylic acids is 3. The Hall–Kier alpha value is -4.59. The molecule has 5 rings (SSSR count). The summed E-state index contributed by atoms with van der Waals surface area (Å²) in [5, 5.41) is 6.88. The molecule has 0 atom stereocenters. The Bertz CT molecular complexity index is 1410. The second-order valence-electron chi connectivity index (χ2n) is 7.81. The van der Waals surface area contributed by atoms with E-state index in [1.165, 1.54) is 29.3 Å². The Kier molecular flexibility index (Phi) is 4.82. The molecule has 4 aromatic rings. The normalized spacial score (nSPS) is 12.7. The number of hydrogen-bond donors (Lipinski definition) is 1. The van der Waals surface area contributed by atoms with E-state index in [-0.39, 0.29) is 16.7 Å². The summed E-state index contributed by atoms with van der Waals surface area (Å²) in [7, 11) is 0. The van der Waals surface area contributed by atoms with Crippen LogP contribution in [0.15, 0.2) is 73.2 Å². The standard InChI is InChI=1S/C25H19N5O3/c1-15-4-5-16(2)21(12-15)30-24(32)19-8-6-17(13-20(19)25(30)33)23(31)28-18-7-9-22(26-14-18)29-11-3-10-27-29/h3-14H,1-2H3,(H,28,31). The molecular weight excluding hydrogens is 418 g/mol. The Labute approximate surface area is 189 Å². The van der Waals surface area contributed by atoms with Gasteiger partial charge in [0.15, 0.2) is 5.82 Å². The molecule has 33 heavy (non-hydrogen) atoms. The molecule has 3 amide bonds. The van der Waals surface area contributed by atoms with Crippen molar-refractivity contribution >= 4 is 29.1 Å². The maximum absolute atomic E-state index is 13.1. The molecular formula is C25H19N5O3. The SMILES string of the molecule is Cc1ccc(C)c(N2C(=O)c3ccc(C(=O)Nc4ccc(-n5cccn5)nc4)cc3C2=O)c1. The molecule has 0 fully saturated rings. The second kappa shape index (κ2) is 7.83. The molecule has 2 aromatic carbocycles. The molecule has 0 aliphatic carbocycles. The predicted octanol–water partition coefficient (Wildman–Crippen LogP) is 3.94. The lowest BCUT2D eigenvalue weighted by molar-refractivity contribution is 0.0925. The van der Waals surface area contributed by atoms with Gasteiger partial charge in [0, 0.05) is 18.0 Å². The molecule has 0 radical (unpaired) electrons. The topological polar surface area (TPSA) is 97.2 Å². The van der Waals surface area contributed by atoms with Crippen LogP contribution in [0.5, 0.6) is 0 Å². The number of amides is 3. The zero-order valence-corrected chi connectivity index (χ0v) is 17.9. The lowest BCUT2D eigenvalue weighted by Crippen LogP contribution is -2.30. The van der Waals surface area contributed by atoms with Gasteiger partial charge in [-0.3, -0.25) is 14.4 Å². The highest BCUT2D eigenvalue weighted by Gasteiger charge is 2.37. The summed E-state index contributed by atoms with van der Waals surface area (Å²) >= 11 is 0. The van der Waals surface area contributed by atoms with Crippen LogP contribution in [-0.4, -0.2) is 32.5 Å². The van der Waals surface area contributed by atoms with Crippen molar-refractivity contribution in [3.63, 3.8) is 0 Å². The van der Waals surface area contributed by atoms with Crippen molar-refractivity contribution in [2.45, 2.75) is 13.8 Å². The molecule has 162 valence electrons. The molecule has 0 spiro atoms. The Morgan fingerprint density at radius 3 is 2.48 bits per heavy atom. The maximum Gasteiger partial charge on any atom is 0.266 e. The van der Waals surface area contributed by atoms with E-state index >= 15 is 0 Å². The highest BCUT2D eigenvalue weighted by Crippen LogP contribution is 2.32. The van der Waals surface area contributed by atoms with Crippen LogP contribution >= 0.6 is 0 Å². The molecule has 8 heteroatoms.